The molecule has 10 nitrogen and oxygen atoms in total. The van der Waals surface area contributed by atoms with Crippen LogP contribution >= 0.6 is 0 Å². The molecule has 174 valence electrons. The monoisotopic (exact) mass is 448 g/mol. The van der Waals surface area contributed by atoms with Crippen molar-refractivity contribution >= 4 is 17.3 Å². The fourth-order valence-electron chi connectivity index (χ4n) is 2.48. The molecule has 0 aromatic heterocycles. The van der Waals surface area contributed by atoms with Crippen LogP contribution in [0.4, 0.5) is 11.4 Å². The number of nitrogens with zero attached hydrogens (tertiary/aromatic N) is 1. The minimum atomic E-state index is -0.456. The molecule has 2 aromatic carbocycles. The number of nitro benzene ring substituents is 1. The smallest absolute Gasteiger partial charge is 0.269 e. The van der Waals surface area contributed by atoms with Gasteiger partial charge in [0.2, 0.25) is 5.91 Å². The molecule has 0 aliphatic heterocycles. The van der Waals surface area contributed by atoms with Crippen LogP contribution in [0.1, 0.15) is 6.92 Å². The van der Waals surface area contributed by atoms with Gasteiger partial charge >= 0.3 is 0 Å². The van der Waals surface area contributed by atoms with Crippen LogP contribution in [0.5, 0.6) is 11.5 Å². The zero-order chi connectivity index (χ0) is 23.0. The van der Waals surface area contributed by atoms with E-state index in [1.54, 1.807) is 36.4 Å². The molecular formula is C22H28N2O8. The zero-order valence-electron chi connectivity index (χ0n) is 18.0. The van der Waals surface area contributed by atoms with Gasteiger partial charge in [0.25, 0.3) is 5.69 Å². The largest absolute Gasteiger partial charge is 0.491 e. The first-order valence-electron chi connectivity index (χ1n) is 10.2. The Labute approximate surface area is 186 Å². The van der Waals surface area contributed by atoms with Crippen LogP contribution in [0.2, 0.25) is 0 Å². The van der Waals surface area contributed by atoms with E-state index in [0.717, 1.165) is 5.69 Å². The van der Waals surface area contributed by atoms with Gasteiger partial charge < -0.3 is 29.0 Å². The molecule has 1 amide bonds. The predicted molar refractivity (Wildman–Crippen MR) is 117 cm³/mol. The normalized spacial score (nSPS) is 10.5. The Balaban J connectivity index is 1.37. The maximum absolute atomic E-state index is 11.0. The van der Waals surface area contributed by atoms with Gasteiger partial charge in [0.05, 0.1) is 44.6 Å². The summed E-state index contributed by atoms with van der Waals surface area (Å²) < 4.78 is 27.2. The Morgan fingerprint density at radius 1 is 0.750 bits per heavy atom. The van der Waals surface area contributed by atoms with Crippen molar-refractivity contribution in [2.75, 3.05) is 58.2 Å². The second-order valence-electron chi connectivity index (χ2n) is 6.49. The summed E-state index contributed by atoms with van der Waals surface area (Å²) in [5.41, 5.74) is 0.746. The average molecular weight is 448 g/mol. The van der Waals surface area contributed by atoms with E-state index in [-0.39, 0.29) is 11.6 Å². The van der Waals surface area contributed by atoms with E-state index >= 15 is 0 Å². The van der Waals surface area contributed by atoms with E-state index in [1.807, 2.05) is 0 Å². The Morgan fingerprint density at radius 2 is 1.16 bits per heavy atom. The number of nitro groups is 1. The zero-order valence-corrected chi connectivity index (χ0v) is 18.0. The van der Waals surface area contributed by atoms with Crippen molar-refractivity contribution in [3.05, 3.63) is 58.6 Å². The Morgan fingerprint density at radius 3 is 1.56 bits per heavy atom. The van der Waals surface area contributed by atoms with Gasteiger partial charge in [0.15, 0.2) is 0 Å². The molecule has 10 heteroatoms. The standard InChI is InChI=1S/C22H28N2O8/c1-18(25)23-19-2-6-21(7-3-19)31-16-14-29-12-10-28-11-13-30-15-17-32-22-8-4-20(5-9-22)24(26)27/h2-9H,10-17H2,1H3,(H,23,25). The molecule has 0 heterocycles. The van der Waals surface area contributed by atoms with Gasteiger partial charge in [-0.05, 0) is 36.4 Å². The molecule has 2 aromatic rings. The maximum Gasteiger partial charge on any atom is 0.269 e. The lowest BCUT2D eigenvalue weighted by Crippen LogP contribution is -2.14. The molecule has 1 N–H and O–H groups in total. The van der Waals surface area contributed by atoms with Crippen LogP contribution in [0.3, 0.4) is 0 Å². The maximum atomic E-state index is 11.0. The van der Waals surface area contributed by atoms with Crippen LogP contribution < -0.4 is 14.8 Å². The lowest BCUT2D eigenvalue weighted by atomic mass is 10.3. The van der Waals surface area contributed by atoms with Crippen LogP contribution in [0.15, 0.2) is 48.5 Å². The SMILES string of the molecule is CC(=O)Nc1ccc(OCCOCCOCCOCCOc2ccc([N+](=O)[O-])cc2)cc1. The molecule has 32 heavy (non-hydrogen) atoms. The number of nitrogens with one attached hydrogen (secondary N) is 1. The molecule has 2 rings (SSSR count). The van der Waals surface area contributed by atoms with Gasteiger partial charge in [-0.3, -0.25) is 14.9 Å². The summed E-state index contributed by atoms with van der Waals surface area (Å²) in [5.74, 6) is 1.14. The number of ether oxygens (including phenoxy) is 5. The number of hydrogen-bond donors (Lipinski definition) is 1. The number of amides is 1. The number of hydrogen-bond acceptors (Lipinski definition) is 8. The van der Waals surface area contributed by atoms with Crippen LogP contribution in [-0.4, -0.2) is 63.7 Å². The highest BCUT2D eigenvalue weighted by Crippen LogP contribution is 2.17. The summed E-state index contributed by atoms with van der Waals surface area (Å²) in [6, 6.07) is 13.0. The van der Waals surface area contributed by atoms with Crippen molar-refractivity contribution in [2.24, 2.45) is 0 Å². The van der Waals surface area contributed by atoms with E-state index in [2.05, 4.69) is 5.32 Å². The molecular weight excluding hydrogens is 420 g/mol. The summed E-state index contributed by atoms with van der Waals surface area (Å²) >= 11 is 0. The number of benzene rings is 2. The number of rotatable bonds is 16. The fourth-order valence-corrected chi connectivity index (χ4v) is 2.48. The molecule has 0 bridgehead atoms. The third kappa shape index (κ3) is 10.7. The first-order chi connectivity index (χ1) is 15.5. The van der Waals surface area contributed by atoms with Crippen molar-refractivity contribution in [2.45, 2.75) is 6.92 Å². The third-order valence-electron chi connectivity index (χ3n) is 3.96. The molecule has 0 saturated heterocycles. The van der Waals surface area contributed by atoms with Gasteiger partial charge in [0, 0.05) is 24.7 Å². The highest BCUT2D eigenvalue weighted by molar-refractivity contribution is 5.88. The first-order valence-corrected chi connectivity index (χ1v) is 10.2. The lowest BCUT2D eigenvalue weighted by Gasteiger charge is -2.09. The Kier molecular flexibility index (Phi) is 11.5. The van der Waals surface area contributed by atoms with Crippen LogP contribution in [0.25, 0.3) is 0 Å². The number of non-ortho nitro benzene ring substituents is 1. The van der Waals surface area contributed by atoms with Crippen molar-refractivity contribution in [3.63, 3.8) is 0 Å². The number of carbonyl (C=O) groups excluding carboxylic acids is 1. The molecule has 0 fully saturated rings. The summed E-state index contributed by atoms with van der Waals surface area (Å²) in [7, 11) is 0. The molecule has 0 spiro atoms. The van der Waals surface area contributed by atoms with Gasteiger partial charge in [-0.1, -0.05) is 0 Å². The van der Waals surface area contributed by atoms with E-state index < -0.39 is 4.92 Å². The van der Waals surface area contributed by atoms with Crippen LogP contribution in [0, 0.1) is 10.1 Å². The van der Waals surface area contributed by atoms with E-state index in [0.29, 0.717) is 64.4 Å². The van der Waals surface area contributed by atoms with E-state index in [1.165, 1.54) is 19.1 Å². The second kappa shape index (κ2) is 14.7. The Hall–Kier alpha value is -3.21. The highest BCUT2D eigenvalue weighted by atomic mass is 16.6. The summed E-state index contributed by atoms with van der Waals surface area (Å²) in [6.45, 7) is 4.82. The van der Waals surface area contributed by atoms with Crippen molar-refractivity contribution < 1.29 is 33.4 Å². The van der Waals surface area contributed by atoms with Crippen molar-refractivity contribution in [3.8, 4) is 11.5 Å². The minimum absolute atomic E-state index is 0.0248. The topological polar surface area (TPSA) is 118 Å². The molecule has 0 aliphatic rings. The van der Waals surface area contributed by atoms with Gasteiger partial charge in [-0.2, -0.15) is 0 Å². The Bertz CT molecular complexity index is 812. The molecule has 0 radical (unpaired) electrons. The second-order valence-corrected chi connectivity index (χ2v) is 6.49. The van der Waals surface area contributed by atoms with Gasteiger partial charge in [-0.15, -0.1) is 0 Å². The minimum Gasteiger partial charge on any atom is -0.491 e. The summed E-state index contributed by atoms with van der Waals surface area (Å²) in [6.07, 6.45) is 0. The summed E-state index contributed by atoms with van der Waals surface area (Å²) in [4.78, 5) is 21.1. The van der Waals surface area contributed by atoms with Crippen molar-refractivity contribution in [1.82, 2.24) is 0 Å². The summed E-state index contributed by atoms with van der Waals surface area (Å²) in [5, 5.41) is 13.3. The molecule has 0 saturated carbocycles. The van der Waals surface area contributed by atoms with Crippen LogP contribution in [-0.2, 0) is 19.0 Å². The van der Waals surface area contributed by atoms with Gasteiger partial charge in [0.1, 0.15) is 24.7 Å². The fraction of sp³-hybridized carbons (Fsp3) is 0.409. The van der Waals surface area contributed by atoms with E-state index in [4.69, 9.17) is 23.7 Å². The molecule has 0 atom stereocenters. The van der Waals surface area contributed by atoms with Gasteiger partial charge in [-0.25, -0.2) is 0 Å². The number of carbonyl (C=O) groups is 1. The van der Waals surface area contributed by atoms with E-state index in [9.17, 15) is 14.9 Å². The first kappa shape index (κ1) is 25.1. The molecule has 0 unspecified atom stereocenters. The number of anilines is 1. The quantitative estimate of drug-likeness (QED) is 0.236. The molecule has 0 aliphatic carbocycles. The highest BCUT2D eigenvalue weighted by Gasteiger charge is 2.04. The van der Waals surface area contributed by atoms with Crippen molar-refractivity contribution in [1.29, 1.82) is 0 Å². The predicted octanol–water partition coefficient (Wildman–Crippen LogP) is 3.06. The third-order valence-corrected chi connectivity index (χ3v) is 3.96. The average Bonchev–Trinajstić information content (AvgIpc) is 2.78. The lowest BCUT2D eigenvalue weighted by molar-refractivity contribution is -0.384.